The van der Waals surface area contributed by atoms with Gasteiger partial charge in [0.15, 0.2) is 0 Å². The van der Waals surface area contributed by atoms with Crippen molar-refractivity contribution < 1.29 is 19.4 Å². The highest BCUT2D eigenvalue weighted by Crippen LogP contribution is 2.30. The summed E-state index contributed by atoms with van der Waals surface area (Å²) < 4.78 is 4.69. The van der Waals surface area contributed by atoms with Gasteiger partial charge in [-0.25, -0.2) is 4.79 Å². The highest BCUT2D eigenvalue weighted by Gasteiger charge is 2.21. The predicted octanol–water partition coefficient (Wildman–Crippen LogP) is 2.28. The normalized spacial score (nSPS) is 14.5. The van der Waals surface area contributed by atoms with Crippen LogP contribution in [-0.4, -0.2) is 60.2 Å². The van der Waals surface area contributed by atoms with Gasteiger partial charge in [0, 0.05) is 48.8 Å². The molecule has 0 bridgehead atoms. The molecule has 0 saturated carbocycles. The first-order valence-electron chi connectivity index (χ1n) is 8.74. The van der Waals surface area contributed by atoms with Gasteiger partial charge in [-0.15, -0.1) is 0 Å². The summed E-state index contributed by atoms with van der Waals surface area (Å²) in [5.74, 6) is -0.415. The van der Waals surface area contributed by atoms with Crippen LogP contribution in [0.5, 0.6) is 5.75 Å². The predicted molar refractivity (Wildman–Crippen MR) is 103 cm³/mol. The number of hydrogen-bond donors (Lipinski definition) is 2. The van der Waals surface area contributed by atoms with Crippen LogP contribution in [0.3, 0.4) is 0 Å². The lowest BCUT2D eigenvalue weighted by atomic mass is 10.1. The standard InChI is InChI=1S/C20H20N4O4/c1-28-20(27)24-10-8-23(9-11-24)13-14(12-21)19(26)22-17-6-2-5-16-15(17)4-3-7-18(16)25/h2-7,13,25H,8-11H2,1H3,(H,22,26)/b14-13-. The van der Waals surface area contributed by atoms with E-state index in [9.17, 15) is 20.0 Å². The van der Waals surface area contributed by atoms with Gasteiger partial charge in [-0.3, -0.25) is 4.79 Å². The Balaban J connectivity index is 1.73. The molecule has 1 fully saturated rings. The van der Waals surface area contributed by atoms with Crippen molar-refractivity contribution in [2.24, 2.45) is 0 Å². The van der Waals surface area contributed by atoms with Crippen LogP contribution >= 0.6 is 0 Å². The van der Waals surface area contributed by atoms with Gasteiger partial charge in [0.1, 0.15) is 17.4 Å². The van der Waals surface area contributed by atoms with Crippen molar-refractivity contribution in [3.8, 4) is 11.8 Å². The van der Waals surface area contributed by atoms with Crippen LogP contribution in [0.2, 0.25) is 0 Å². The maximum Gasteiger partial charge on any atom is 0.409 e. The Morgan fingerprint density at radius 1 is 1.14 bits per heavy atom. The fourth-order valence-electron chi connectivity index (χ4n) is 3.08. The number of carbonyl (C=O) groups excluding carboxylic acids is 2. The fourth-order valence-corrected chi connectivity index (χ4v) is 3.08. The van der Waals surface area contributed by atoms with Gasteiger partial charge in [-0.1, -0.05) is 24.3 Å². The number of methoxy groups -OCH3 is 1. The summed E-state index contributed by atoms with van der Waals surface area (Å²) in [6.45, 7) is 1.89. The van der Waals surface area contributed by atoms with Crippen molar-refractivity contribution in [2.75, 3.05) is 38.6 Å². The van der Waals surface area contributed by atoms with E-state index in [-0.39, 0.29) is 17.4 Å². The molecule has 8 heteroatoms. The molecule has 0 aromatic heterocycles. The van der Waals surface area contributed by atoms with E-state index < -0.39 is 5.91 Å². The number of amides is 2. The zero-order valence-electron chi connectivity index (χ0n) is 15.4. The number of piperazine rings is 1. The van der Waals surface area contributed by atoms with E-state index in [2.05, 4.69) is 5.32 Å². The Labute approximate surface area is 162 Å². The maximum absolute atomic E-state index is 12.6. The Morgan fingerprint density at radius 2 is 1.82 bits per heavy atom. The van der Waals surface area contributed by atoms with Gasteiger partial charge in [0.2, 0.25) is 0 Å². The van der Waals surface area contributed by atoms with Crippen LogP contribution in [0.4, 0.5) is 10.5 Å². The third-order valence-electron chi connectivity index (χ3n) is 4.57. The number of nitriles is 1. The summed E-state index contributed by atoms with van der Waals surface area (Å²) in [6, 6.07) is 12.2. The van der Waals surface area contributed by atoms with Crippen molar-refractivity contribution in [1.82, 2.24) is 9.80 Å². The van der Waals surface area contributed by atoms with Crippen LogP contribution in [0.1, 0.15) is 0 Å². The molecule has 0 atom stereocenters. The molecule has 144 valence electrons. The highest BCUT2D eigenvalue weighted by atomic mass is 16.5. The average molecular weight is 380 g/mol. The molecule has 2 aromatic rings. The highest BCUT2D eigenvalue weighted by molar-refractivity contribution is 6.11. The van der Waals surface area contributed by atoms with E-state index in [0.29, 0.717) is 42.6 Å². The second-order valence-corrected chi connectivity index (χ2v) is 6.28. The Bertz CT molecular complexity index is 972. The second kappa shape index (κ2) is 8.31. The van der Waals surface area contributed by atoms with Gasteiger partial charge >= 0.3 is 6.09 Å². The Morgan fingerprint density at radius 3 is 2.50 bits per heavy atom. The second-order valence-electron chi connectivity index (χ2n) is 6.28. The van der Waals surface area contributed by atoms with Crippen molar-refractivity contribution in [2.45, 2.75) is 0 Å². The number of rotatable bonds is 3. The lowest BCUT2D eigenvalue weighted by Gasteiger charge is -2.33. The van der Waals surface area contributed by atoms with E-state index >= 15 is 0 Å². The number of aromatic hydroxyl groups is 1. The summed E-state index contributed by atoms with van der Waals surface area (Å²) in [5, 5.41) is 23.4. The van der Waals surface area contributed by atoms with Gasteiger partial charge in [0.25, 0.3) is 5.91 Å². The minimum absolute atomic E-state index is 0.0383. The summed E-state index contributed by atoms with van der Waals surface area (Å²) in [5.41, 5.74) is 0.471. The van der Waals surface area contributed by atoms with Gasteiger partial charge in [-0.05, 0) is 12.1 Å². The topological polar surface area (TPSA) is 106 Å². The minimum Gasteiger partial charge on any atom is -0.507 e. The van der Waals surface area contributed by atoms with E-state index in [1.54, 1.807) is 41.3 Å². The molecule has 0 radical (unpaired) electrons. The molecule has 2 amide bonds. The van der Waals surface area contributed by atoms with Crippen molar-refractivity contribution in [1.29, 1.82) is 5.26 Å². The van der Waals surface area contributed by atoms with Crippen LogP contribution in [-0.2, 0) is 9.53 Å². The molecular weight excluding hydrogens is 360 g/mol. The van der Waals surface area contributed by atoms with Crippen molar-refractivity contribution >= 4 is 28.5 Å². The number of phenols is 1. The molecule has 2 aromatic carbocycles. The van der Waals surface area contributed by atoms with Gasteiger partial charge in [-0.2, -0.15) is 5.26 Å². The Kier molecular flexibility index (Phi) is 5.65. The summed E-state index contributed by atoms with van der Waals surface area (Å²) in [7, 11) is 1.33. The third-order valence-corrected chi connectivity index (χ3v) is 4.57. The number of benzene rings is 2. The molecule has 1 saturated heterocycles. The van der Waals surface area contributed by atoms with Crippen molar-refractivity contribution in [3.63, 3.8) is 0 Å². The molecule has 8 nitrogen and oxygen atoms in total. The number of fused-ring (bicyclic) bond motifs is 1. The van der Waals surface area contributed by atoms with Crippen molar-refractivity contribution in [3.05, 3.63) is 48.2 Å². The molecule has 28 heavy (non-hydrogen) atoms. The first kappa shape index (κ1) is 19.0. The van der Waals surface area contributed by atoms with E-state index in [0.717, 1.165) is 0 Å². The molecule has 0 aliphatic carbocycles. The number of carbonyl (C=O) groups is 2. The monoisotopic (exact) mass is 380 g/mol. The smallest absolute Gasteiger partial charge is 0.409 e. The Hall–Kier alpha value is -3.73. The zero-order valence-corrected chi connectivity index (χ0v) is 15.4. The number of ether oxygens (including phenoxy) is 1. The molecule has 3 rings (SSSR count). The lowest BCUT2D eigenvalue weighted by molar-refractivity contribution is -0.112. The van der Waals surface area contributed by atoms with E-state index in [1.807, 2.05) is 11.0 Å². The fraction of sp³-hybridized carbons (Fsp3) is 0.250. The summed E-state index contributed by atoms with van der Waals surface area (Å²) in [6.07, 6.45) is 1.12. The molecule has 2 N–H and O–H groups in total. The summed E-state index contributed by atoms with van der Waals surface area (Å²) in [4.78, 5) is 27.5. The number of nitrogens with one attached hydrogen (secondary N) is 1. The first-order valence-corrected chi connectivity index (χ1v) is 8.74. The number of phenolic OH excluding ortho intramolecular Hbond substituents is 1. The minimum atomic E-state index is -0.534. The van der Waals surface area contributed by atoms with Crippen LogP contribution in [0.25, 0.3) is 10.8 Å². The van der Waals surface area contributed by atoms with Crippen LogP contribution in [0, 0.1) is 11.3 Å². The molecule has 1 heterocycles. The number of hydrogen-bond acceptors (Lipinski definition) is 6. The number of nitrogens with zero attached hydrogens (tertiary/aromatic N) is 3. The zero-order chi connectivity index (χ0) is 20.1. The summed E-state index contributed by atoms with van der Waals surface area (Å²) >= 11 is 0. The van der Waals surface area contributed by atoms with Gasteiger partial charge < -0.3 is 25.0 Å². The van der Waals surface area contributed by atoms with E-state index in [4.69, 9.17) is 4.74 Å². The lowest BCUT2D eigenvalue weighted by Crippen LogP contribution is -2.47. The SMILES string of the molecule is COC(=O)N1CCN(/C=C(/C#N)C(=O)Nc2cccc3c(O)cccc23)CC1. The largest absolute Gasteiger partial charge is 0.507 e. The quantitative estimate of drug-likeness (QED) is 0.625. The average Bonchev–Trinajstić information content (AvgIpc) is 2.72. The van der Waals surface area contributed by atoms with E-state index in [1.165, 1.54) is 13.3 Å². The molecular formula is C20H20N4O4. The molecule has 0 unspecified atom stereocenters. The van der Waals surface area contributed by atoms with Crippen LogP contribution < -0.4 is 5.32 Å². The van der Waals surface area contributed by atoms with Gasteiger partial charge in [0.05, 0.1) is 7.11 Å². The van der Waals surface area contributed by atoms with Crippen LogP contribution in [0.15, 0.2) is 48.2 Å². The third kappa shape index (κ3) is 3.99. The molecule has 1 aliphatic rings. The molecule has 0 spiro atoms. The molecule has 1 aliphatic heterocycles. The number of anilines is 1. The maximum atomic E-state index is 12.6. The first-order chi connectivity index (χ1) is 13.5.